The first-order valence-electron chi connectivity index (χ1n) is 8.03. The number of aryl methyl sites for hydroxylation is 1. The lowest BCUT2D eigenvalue weighted by atomic mass is 10.1. The Hall–Kier alpha value is -2.44. The zero-order chi connectivity index (χ0) is 16.2. The smallest absolute Gasteiger partial charge is 0.225 e. The molecule has 0 aliphatic carbocycles. The second kappa shape index (κ2) is 6.76. The summed E-state index contributed by atoms with van der Waals surface area (Å²) in [4.78, 5) is 25.5. The first-order valence-corrected chi connectivity index (χ1v) is 8.03. The Kier molecular flexibility index (Phi) is 4.55. The van der Waals surface area contributed by atoms with Crippen LogP contribution in [0.4, 0.5) is 0 Å². The zero-order valence-corrected chi connectivity index (χ0v) is 13.2. The number of likely N-dealkylation sites (tertiary alicyclic amines) is 1. The van der Waals surface area contributed by atoms with Gasteiger partial charge in [0.1, 0.15) is 5.82 Å². The van der Waals surface area contributed by atoms with Crippen LogP contribution < -0.4 is 5.32 Å². The molecule has 1 unspecified atom stereocenters. The van der Waals surface area contributed by atoms with E-state index in [1.807, 2.05) is 35.7 Å². The van der Waals surface area contributed by atoms with Crippen LogP contribution >= 0.6 is 0 Å². The molecule has 3 heterocycles. The normalized spacial score (nSPS) is 17.9. The van der Waals surface area contributed by atoms with Gasteiger partial charge in [-0.05, 0) is 25.5 Å². The average Bonchev–Trinajstić information content (AvgIpc) is 3.15. The molecule has 1 saturated heterocycles. The van der Waals surface area contributed by atoms with Gasteiger partial charge in [0.2, 0.25) is 11.8 Å². The SMILES string of the molecule is CCN1CC(C(=O)NCCCc2nnc3ccccn23)CC1=O. The third-order valence-corrected chi connectivity index (χ3v) is 4.23. The van der Waals surface area contributed by atoms with E-state index in [9.17, 15) is 9.59 Å². The van der Waals surface area contributed by atoms with E-state index in [0.717, 1.165) is 24.3 Å². The predicted octanol–water partition coefficient (Wildman–Crippen LogP) is 0.646. The van der Waals surface area contributed by atoms with Crippen LogP contribution in [0.25, 0.3) is 5.65 Å². The van der Waals surface area contributed by atoms with Crippen LogP contribution in [0.15, 0.2) is 24.4 Å². The van der Waals surface area contributed by atoms with E-state index >= 15 is 0 Å². The molecule has 0 aromatic carbocycles. The van der Waals surface area contributed by atoms with Crippen molar-refractivity contribution in [3.8, 4) is 0 Å². The summed E-state index contributed by atoms with van der Waals surface area (Å²) in [5.41, 5.74) is 0.829. The van der Waals surface area contributed by atoms with Gasteiger partial charge < -0.3 is 10.2 Å². The quantitative estimate of drug-likeness (QED) is 0.794. The van der Waals surface area contributed by atoms with Crippen molar-refractivity contribution in [3.63, 3.8) is 0 Å². The predicted molar refractivity (Wildman–Crippen MR) is 84.7 cm³/mol. The third-order valence-electron chi connectivity index (χ3n) is 4.23. The molecule has 23 heavy (non-hydrogen) atoms. The van der Waals surface area contributed by atoms with Gasteiger partial charge in [0, 0.05) is 38.7 Å². The Morgan fingerprint density at radius 2 is 2.26 bits per heavy atom. The lowest BCUT2D eigenvalue weighted by Crippen LogP contribution is -2.33. The van der Waals surface area contributed by atoms with E-state index in [4.69, 9.17) is 0 Å². The lowest BCUT2D eigenvalue weighted by molar-refractivity contribution is -0.128. The van der Waals surface area contributed by atoms with Crippen molar-refractivity contribution in [2.24, 2.45) is 5.92 Å². The maximum absolute atomic E-state index is 12.1. The molecule has 0 saturated carbocycles. The van der Waals surface area contributed by atoms with Crippen LogP contribution in [0, 0.1) is 5.92 Å². The minimum atomic E-state index is -0.212. The topological polar surface area (TPSA) is 79.6 Å². The molecule has 1 fully saturated rings. The highest BCUT2D eigenvalue weighted by atomic mass is 16.2. The number of aromatic nitrogens is 3. The van der Waals surface area contributed by atoms with Gasteiger partial charge in [0.15, 0.2) is 5.65 Å². The molecule has 2 aromatic rings. The standard InChI is InChI=1S/C16H21N5O2/c1-2-20-11-12(10-15(20)22)16(23)17-8-5-7-14-19-18-13-6-3-4-9-21(13)14/h3-4,6,9,12H,2,5,7-8,10-11H2,1H3,(H,17,23). The number of amides is 2. The van der Waals surface area contributed by atoms with Gasteiger partial charge >= 0.3 is 0 Å². The van der Waals surface area contributed by atoms with Crippen molar-refractivity contribution in [2.75, 3.05) is 19.6 Å². The fourth-order valence-electron chi connectivity index (χ4n) is 2.92. The second-order valence-corrected chi connectivity index (χ2v) is 5.77. The van der Waals surface area contributed by atoms with E-state index in [1.54, 1.807) is 4.90 Å². The first kappa shape index (κ1) is 15.5. The first-order chi connectivity index (χ1) is 11.2. The van der Waals surface area contributed by atoms with Crippen LogP contribution in [-0.2, 0) is 16.0 Å². The summed E-state index contributed by atoms with van der Waals surface area (Å²) in [7, 11) is 0. The van der Waals surface area contributed by atoms with Gasteiger partial charge in [-0.1, -0.05) is 6.07 Å². The number of hydrogen-bond acceptors (Lipinski definition) is 4. The Morgan fingerprint density at radius 3 is 3.04 bits per heavy atom. The summed E-state index contributed by atoms with van der Waals surface area (Å²) in [5, 5.41) is 11.2. The number of carbonyl (C=O) groups is 2. The van der Waals surface area contributed by atoms with Gasteiger partial charge in [-0.3, -0.25) is 14.0 Å². The summed E-state index contributed by atoms with van der Waals surface area (Å²) in [5.74, 6) is 0.724. The second-order valence-electron chi connectivity index (χ2n) is 5.77. The van der Waals surface area contributed by atoms with E-state index < -0.39 is 0 Å². The molecule has 3 rings (SSSR count). The van der Waals surface area contributed by atoms with Crippen molar-refractivity contribution in [1.82, 2.24) is 24.8 Å². The maximum Gasteiger partial charge on any atom is 0.225 e. The number of fused-ring (bicyclic) bond motifs is 1. The van der Waals surface area contributed by atoms with Crippen LogP contribution in [0.1, 0.15) is 25.6 Å². The fraction of sp³-hybridized carbons (Fsp3) is 0.500. The number of hydrogen-bond donors (Lipinski definition) is 1. The highest BCUT2D eigenvalue weighted by Crippen LogP contribution is 2.17. The fourth-order valence-corrected chi connectivity index (χ4v) is 2.92. The van der Waals surface area contributed by atoms with Gasteiger partial charge in [-0.15, -0.1) is 10.2 Å². The Labute approximate surface area is 134 Å². The molecule has 7 nitrogen and oxygen atoms in total. The molecular weight excluding hydrogens is 294 g/mol. The highest BCUT2D eigenvalue weighted by Gasteiger charge is 2.32. The molecule has 2 amide bonds. The number of nitrogens with one attached hydrogen (secondary N) is 1. The molecule has 1 atom stereocenters. The molecule has 1 N–H and O–H groups in total. The average molecular weight is 315 g/mol. The van der Waals surface area contributed by atoms with E-state index in [1.165, 1.54) is 0 Å². The summed E-state index contributed by atoms with van der Waals surface area (Å²) in [6, 6.07) is 5.78. The number of rotatable bonds is 6. The minimum absolute atomic E-state index is 0.0274. The molecule has 0 radical (unpaired) electrons. The van der Waals surface area contributed by atoms with E-state index in [2.05, 4.69) is 15.5 Å². The molecule has 122 valence electrons. The summed E-state index contributed by atoms with van der Waals surface area (Å²) < 4.78 is 1.95. The van der Waals surface area contributed by atoms with E-state index in [0.29, 0.717) is 26.1 Å². The number of carbonyl (C=O) groups excluding carboxylic acids is 2. The van der Waals surface area contributed by atoms with Crippen molar-refractivity contribution >= 4 is 17.5 Å². The third kappa shape index (κ3) is 3.33. The van der Waals surface area contributed by atoms with Crippen molar-refractivity contribution in [3.05, 3.63) is 30.2 Å². The summed E-state index contributed by atoms with van der Waals surface area (Å²) >= 11 is 0. The molecule has 1 aliphatic heterocycles. The van der Waals surface area contributed by atoms with E-state index in [-0.39, 0.29) is 17.7 Å². The highest BCUT2D eigenvalue weighted by molar-refractivity contribution is 5.89. The number of nitrogens with zero attached hydrogens (tertiary/aromatic N) is 4. The van der Waals surface area contributed by atoms with Crippen molar-refractivity contribution < 1.29 is 9.59 Å². The van der Waals surface area contributed by atoms with Gasteiger partial charge in [0.05, 0.1) is 5.92 Å². The van der Waals surface area contributed by atoms with Gasteiger partial charge in [0.25, 0.3) is 0 Å². The van der Waals surface area contributed by atoms with Crippen molar-refractivity contribution in [2.45, 2.75) is 26.2 Å². The summed E-state index contributed by atoms with van der Waals surface area (Å²) in [6.07, 6.45) is 3.80. The lowest BCUT2D eigenvalue weighted by Gasteiger charge is -2.13. The Morgan fingerprint density at radius 1 is 1.39 bits per heavy atom. The van der Waals surface area contributed by atoms with Crippen molar-refractivity contribution in [1.29, 1.82) is 0 Å². The van der Waals surface area contributed by atoms with Crippen LogP contribution in [0.5, 0.6) is 0 Å². The molecule has 2 aromatic heterocycles. The molecular formula is C16H21N5O2. The largest absolute Gasteiger partial charge is 0.356 e. The van der Waals surface area contributed by atoms with Crippen LogP contribution in [0.3, 0.4) is 0 Å². The maximum atomic E-state index is 12.1. The molecule has 7 heteroatoms. The summed E-state index contributed by atoms with van der Waals surface area (Å²) in [6.45, 7) is 3.72. The van der Waals surface area contributed by atoms with Gasteiger partial charge in [-0.25, -0.2) is 0 Å². The molecule has 0 spiro atoms. The van der Waals surface area contributed by atoms with Gasteiger partial charge in [-0.2, -0.15) is 0 Å². The Balaban J connectivity index is 1.45. The Bertz CT molecular complexity index is 711. The number of pyridine rings is 1. The zero-order valence-electron chi connectivity index (χ0n) is 13.2. The monoisotopic (exact) mass is 315 g/mol. The molecule has 0 bridgehead atoms. The van der Waals surface area contributed by atoms with Crippen LogP contribution in [-0.4, -0.2) is 50.9 Å². The minimum Gasteiger partial charge on any atom is -0.356 e. The molecule has 1 aliphatic rings. The van der Waals surface area contributed by atoms with Crippen LogP contribution in [0.2, 0.25) is 0 Å².